The molecule has 4 rings (SSSR count). The molecule has 0 bridgehead atoms. The van der Waals surface area contributed by atoms with Gasteiger partial charge in [0.05, 0.1) is 11.4 Å². The molecule has 0 aliphatic heterocycles. The molecule has 0 unspecified atom stereocenters. The predicted octanol–water partition coefficient (Wildman–Crippen LogP) is 2.98. The highest BCUT2D eigenvalue weighted by Gasteiger charge is 2.19. The smallest absolute Gasteiger partial charge is 0.321 e. The fourth-order valence-electron chi connectivity index (χ4n) is 3.91. The molecule has 0 radical (unpaired) electrons. The molecule has 3 aromatic heterocycles. The van der Waals surface area contributed by atoms with E-state index in [1.807, 2.05) is 37.5 Å². The predicted molar refractivity (Wildman–Crippen MR) is 128 cm³/mol. The van der Waals surface area contributed by atoms with Crippen LogP contribution in [-0.2, 0) is 18.8 Å². The minimum Gasteiger partial charge on any atom is -0.321 e. The minimum atomic E-state index is -0.417. The van der Waals surface area contributed by atoms with E-state index in [4.69, 9.17) is 4.98 Å². The summed E-state index contributed by atoms with van der Waals surface area (Å²) in [4.78, 5) is 32.4. The first-order chi connectivity index (χ1) is 15.9. The van der Waals surface area contributed by atoms with Crippen molar-refractivity contribution < 1.29 is 0 Å². The monoisotopic (exact) mass is 468 g/mol. The quantitative estimate of drug-likeness (QED) is 0.375. The Morgan fingerprint density at radius 2 is 1.88 bits per heavy atom. The number of unbranched alkanes of at least 4 members (excludes halogenated alkanes) is 1. The summed E-state index contributed by atoms with van der Waals surface area (Å²) in [5.74, 6) is 1.18. The summed E-state index contributed by atoms with van der Waals surface area (Å²) >= 11 is 1.45. The van der Waals surface area contributed by atoms with Gasteiger partial charge in [-0.3, -0.25) is 14.3 Å². The lowest BCUT2D eigenvalue weighted by molar-refractivity contribution is 0.612. The molecule has 0 aliphatic rings. The van der Waals surface area contributed by atoms with Crippen LogP contribution in [0.3, 0.4) is 0 Å². The number of hydrogen-bond acceptors (Lipinski definition) is 7. The van der Waals surface area contributed by atoms with Crippen LogP contribution in [0.25, 0.3) is 16.9 Å². The van der Waals surface area contributed by atoms with E-state index >= 15 is 0 Å². The topological polar surface area (TPSA) is 116 Å². The molecule has 174 valence electrons. The van der Waals surface area contributed by atoms with Crippen molar-refractivity contribution in [2.45, 2.75) is 71.0 Å². The van der Waals surface area contributed by atoms with E-state index < -0.39 is 11.2 Å². The van der Waals surface area contributed by atoms with Crippen LogP contribution >= 0.6 is 11.8 Å². The second-order valence-corrected chi connectivity index (χ2v) is 9.01. The van der Waals surface area contributed by atoms with Crippen LogP contribution in [0.5, 0.6) is 0 Å². The molecule has 0 aliphatic carbocycles. The van der Waals surface area contributed by atoms with Gasteiger partial charge in [-0.25, -0.2) is 9.78 Å². The lowest BCUT2D eigenvalue weighted by Crippen LogP contribution is -2.31. The SMILES string of the molecule is CCCCn1c(=O)[nH]c(=O)c2c1nc(CSc1nnnn1-c1ccc(C)cc1C)n2CCC. The van der Waals surface area contributed by atoms with Crippen molar-refractivity contribution in [1.29, 1.82) is 0 Å². The van der Waals surface area contributed by atoms with Gasteiger partial charge in [0, 0.05) is 13.1 Å². The molecule has 0 amide bonds. The van der Waals surface area contributed by atoms with E-state index in [1.54, 1.807) is 9.25 Å². The van der Waals surface area contributed by atoms with Gasteiger partial charge in [0.1, 0.15) is 5.82 Å². The summed E-state index contributed by atoms with van der Waals surface area (Å²) in [6, 6.07) is 6.12. The third-order valence-electron chi connectivity index (χ3n) is 5.50. The van der Waals surface area contributed by atoms with Crippen LogP contribution in [0, 0.1) is 13.8 Å². The Labute approximate surface area is 195 Å². The highest BCUT2D eigenvalue weighted by molar-refractivity contribution is 7.98. The largest absolute Gasteiger partial charge is 0.330 e. The van der Waals surface area contributed by atoms with Crippen LogP contribution in [0.15, 0.2) is 32.9 Å². The number of fused-ring (bicyclic) bond motifs is 1. The Morgan fingerprint density at radius 1 is 1.06 bits per heavy atom. The average molecular weight is 469 g/mol. The molecular formula is C22H28N8O2S. The summed E-state index contributed by atoms with van der Waals surface area (Å²) in [6.07, 6.45) is 2.60. The van der Waals surface area contributed by atoms with Crippen molar-refractivity contribution in [1.82, 2.24) is 39.3 Å². The molecular weight excluding hydrogens is 440 g/mol. The number of aryl methyl sites for hydroxylation is 4. The summed E-state index contributed by atoms with van der Waals surface area (Å²) in [7, 11) is 0. The minimum absolute atomic E-state index is 0.403. The van der Waals surface area contributed by atoms with Crippen molar-refractivity contribution >= 4 is 22.9 Å². The number of tetrazole rings is 1. The summed E-state index contributed by atoms with van der Waals surface area (Å²) < 4.78 is 5.20. The highest BCUT2D eigenvalue weighted by atomic mass is 32.2. The zero-order valence-corrected chi connectivity index (χ0v) is 20.1. The van der Waals surface area contributed by atoms with Crippen molar-refractivity contribution in [2.24, 2.45) is 0 Å². The van der Waals surface area contributed by atoms with Crippen molar-refractivity contribution in [2.75, 3.05) is 0 Å². The first-order valence-electron chi connectivity index (χ1n) is 11.2. The lowest BCUT2D eigenvalue weighted by atomic mass is 10.1. The molecule has 4 aromatic rings. The zero-order valence-electron chi connectivity index (χ0n) is 19.3. The molecule has 10 nitrogen and oxygen atoms in total. The molecule has 3 heterocycles. The second-order valence-electron chi connectivity index (χ2n) is 8.07. The molecule has 0 spiro atoms. The van der Waals surface area contributed by atoms with Gasteiger partial charge in [0.2, 0.25) is 5.16 Å². The van der Waals surface area contributed by atoms with Gasteiger partial charge >= 0.3 is 5.69 Å². The Kier molecular flexibility index (Phi) is 6.77. The highest BCUT2D eigenvalue weighted by Crippen LogP contribution is 2.25. The van der Waals surface area contributed by atoms with Gasteiger partial charge in [-0.15, -0.1) is 5.10 Å². The van der Waals surface area contributed by atoms with Gasteiger partial charge in [-0.1, -0.05) is 49.7 Å². The van der Waals surface area contributed by atoms with E-state index in [2.05, 4.69) is 33.5 Å². The van der Waals surface area contributed by atoms with Gasteiger partial charge in [-0.2, -0.15) is 4.68 Å². The van der Waals surface area contributed by atoms with Gasteiger partial charge in [-0.05, 0) is 48.7 Å². The number of H-pyrrole nitrogens is 1. The number of hydrogen-bond donors (Lipinski definition) is 1. The Balaban J connectivity index is 1.72. The maximum atomic E-state index is 12.7. The number of benzene rings is 1. The van der Waals surface area contributed by atoms with Crippen molar-refractivity contribution in [3.8, 4) is 5.69 Å². The molecule has 33 heavy (non-hydrogen) atoms. The van der Waals surface area contributed by atoms with E-state index in [9.17, 15) is 9.59 Å². The Hall–Kier alpha value is -3.21. The van der Waals surface area contributed by atoms with Gasteiger partial charge in [0.25, 0.3) is 5.56 Å². The van der Waals surface area contributed by atoms with Crippen LogP contribution in [0.2, 0.25) is 0 Å². The molecule has 0 fully saturated rings. The third-order valence-corrected chi connectivity index (χ3v) is 6.41. The van der Waals surface area contributed by atoms with Crippen LogP contribution in [0.1, 0.15) is 50.1 Å². The fraction of sp³-hybridized carbons (Fsp3) is 0.455. The van der Waals surface area contributed by atoms with Crippen molar-refractivity contribution in [3.63, 3.8) is 0 Å². The zero-order chi connectivity index (χ0) is 23.5. The molecule has 1 aromatic carbocycles. The normalized spacial score (nSPS) is 11.5. The molecule has 1 N–H and O–H groups in total. The average Bonchev–Trinajstić information content (AvgIpc) is 3.37. The van der Waals surface area contributed by atoms with E-state index in [0.717, 1.165) is 30.5 Å². The van der Waals surface area contributed by atoms with E-state index in [0.29, 0.717) is 41.0 Å². The second kappa shape index (κ2) is 9.74. The standard InChI is InChI=1S/C22H28N8O2S/c1-5-7-11-29-19-18(20(31)24-21(29)32)28(10-6-2)17(23-19)13-33-22-25-26-27-30(22)16-9-8-14(3)12-15(16)4/h8-9,12H,5-7,10-11,13H2,1-4H3,(H,24,31,32). The summed E-state index contributed by atoms with van der Waals surface area (Å²) in [5, 5.41) is 12.9. The Bertz CT molecular complexity index is 1400. The first-order valence-corrected chi connectivity index (χ1v) is 12.1. The molecule has 0 saturated heterocycles. The number of nitrogens with one attached hydrogen (secondary N) is 1. The number of aromatic amines is 1. The fourth-order valence-corrected chi connectivity index (χ4v) is 4.74. The molecule has 0 atom stereocenters. The third kappa shape index (κ3) is 4.50. The maximum absolute atomic E-state index is 12.7. The number of imidazole rings is 1. The molecule has 11 heteroatoms. The summed E-state index contributed by atoms with van der Waals surface area (Å²) in [5.41, 5.74) is 3.23. The van der Waals surface area contributed by atoms with Crippen LogP contribution in [0.4, 0.5) is 0 Å². The van der Waals surface area contributed by atoms with E-state index in [1.165, 1.54) is 17.3 Å². The summed E-state index contributed by atoms with van der Waals surface area (Å²) in [6.45, 7) is 9.33. The number of nitrogens with zero attached hydrogens (tertiary/aromatic N) is 7. The lowest BCUT2D eigenvalue weighted by Gasteiger charge is -2.09. The van der Waals surface area contributed by atoms with Crippen LogP contribution < -0.4 is 11.2 Å². The first kappa shape index (κ1) is 23.0. The Morgan fingerprint density at radius 3 is 2.61 bits per heavy atom. The number of rotatable bonds is 9. The van der Waals surface area contributed by atoms with Crippen molar-refractivity contribution in [3.05, 3.63) is 56.0 Å². The van der Waals surface area contributed by atoms with Crippen LogP contribution in [-0.4, -0.2) is 39.3 Å². The maximum Gasteiger partial charge on any atom is 0.330 e. The molecule has 0 saturated carbocycles. The van der Waals surface area contributed by atoms with Gasteiger partial charge in [0.15, 0.2) is 11.2 Å². The van der Waals surface area contributed by atoms with E-state index in [-0.39, 0.29) is 0 Å². The number of aromatic nitrogens is 8. The van der Waals surface area contributed by atoms with Gasteiger partial charge < -0.3 is 4.57 Å². The number of thioether (sulfide) groups is 1.